The van der Waals surface area contributed by atoms with Gasteiger partial charge in [0.25, 0.3) is 0 Å². The summed E-state index contributed by atoms with van der Waals surface area (Å²) in [5.74, 6) is 1.32. The van der Waals surface area contributed by atoms with Crippen LogP contribution in [0.15, 0.2) is 18.2 Å². The van der Waals surface area contributed by atoms with Crippen LogP contribution in [0.25, 0.3) is 0 Å². The van der Waals surface area contributed by atoms with Crippen molar-refractivity contribution in [1.82, 2.24) is 14.8 Å². The van der Waals surface area contributed by atoms with Crippen LogP contribution < -0.4 is 5.32 Å². The molecule has 0 spiro atoms. The number of nitrogens with one attached hydrogen (secondary N) is 1. The number of aryl methyl sites for hydroxylation is 1. The molecule has 0 unspecified atom stereocenters. The van der Waals surface area contributed by atoms with E-state index in [1.165, 1.54) is 12.1 Å². The number of benzene rings is 1. The molecule has 6 heteroatoms. The number of hydrogen-bond acceptors (Lipinski definition) is 3. The zero-order valence-electron chi connectivity index (χ0n) is 10.2. The molecule has 1 N–H and O–H groups in total. The number of hydrogen-bond donors (Lipinski definition) is 1. The molecule has 1 aromatic carbocycles. The molecule has 0 amide bonds. The number of rotatable bonds is 4. The van der Waals surface area contributed by atoms with Crippen LogP contribution in [-0.4, -0.2) is 14.8 Å². The van der Waals surface area contributed by atoms with Gasteiger partial charge in [-0.2, -0.15) is 0 Å². The maximum atomic E-state index is 13.5. The molecule has 18 heavy (non-hydrogen) atoms. The van der Waals surface area contributed by atoms with E-state index in [2.05, 4.69) is 15.5 Å². The first-order valence-electron chi connectivity index (χ1n) is 5.68. The maximum Gasteiger partial charge on any atom is 0.152 e. The first-order valence-corrected chi connectivity index (χ1v) is 6.05. The second-order valence-electron chi connectivity index (χ2n) is 3.92. The Hall–Kier alpha value is -1.62. The third-order valence-corrected chi connectivity index (χ3v) is 2.97. The summed E-state index contributed by atoms with van der Waals surface area (Å²) in [4.78, 5) is 0. The molecule has 0 atom stereocenters. The Morgan fingerprint density at radius 2 is 2.06 bits per heavy atom. The van der Waals surface area contributed by atoms with Gasteiger partial charge in [-0.15, -0.1) is 10.2 Å². The predicted octanol–water partition coefficient (Wildman–Crippen LogP) is 2.78. The normalized spacial score (nSPS) is 10.7. The van der Waals surface area contributed by atoms with E-state index in [0.717, 1.165) is 18.1 Å². The third kappa shape index (κ3) is 2.61. The van der Waals surface area contributed by atoms with Crippen molar-refractivity contribution in [2.24, 2.45) is 7.05 Å². The van der Waals surface area contributed by atoms with Crippen LogP contribution >= 0.6 is 11.6 Å². The fourth-order valence-corrected chi connectivity index (χ4v) is 1.84. The fraction of sp³-hybridized carbons (Fsp3) is 0.333. The van der Waals surface area contributed by atoms with Gasteiger partial charge in [0.15, 0.2) is 5.82 Å². The highest BCUT2D eigenvalue weighted by molar-refractivity contribution is 6.30. The average molecular weight is 269 g/mol. The molecule has 1 aromatic heterocycles. The van der Waals surface area contributed by atoms with Gasteiger partial charge < -0.3 is 9.88 Å². The topological polar surface area (TPSA) is 42.7 Å². The Kier molecular flexibility index (Phi) is 3.81. The maximum absolute atomic E-state index is 13.5. The van der Waals surface area contributed by atoms with Crippen molar-refractivity contribution in [3.63, 3.8) is 0 Å². The molecule has 0 aliphatic carbocycles. The molecule has 4 nitrogen and oxygen atoms in total. The zero-order chi connectivity index (χ0) is 13.1. The van der Waals surface area contributed by atoms with Gasteiger partial charge in [-0.05, 0) is 18.2 Å². The summed E-state index contributed by atoms with van der Waals surface area (Å²) in [5, 5.41) is 11.5. The van der Waals surface area contributed by atoms with Gasteiger partial charge in [0.05, 0.1) is 12.2 Å². The molecule has 0 saturated heterocycles. The first kappa shape index (κ1) is 12.8. The molecule has 2 rings (SSSR count). The summed E-state index contributed by atoms with van der Waals surface area (Å²) >= 11 is 5.82. The van der Waals surface area contributed by atoms with Crippen LogP contribution in [0.5, 0.6) is 0 Å². The van der Waals surface area contributed by atoms with E-state index in [0.29, 0.717) is 17.3 Å². The van der Waals surface area contributed by atoms with Crippen LogP contribution in [0.3, 0.4) is 0 Å². The lowest BCUT2D eigenvalue weighted by atomic mass is 10.3. The van der Waals surface area contributed by atoms with Crippen molar-refractivity contribution in [1.29, 1.82) is 0 Å². The highest BCUT2D eigenvalue weighted by Gasteiger charge is 2.08. The van der Waals surface area contributed by atoms with Crippen molar-refractivity contribution in [2.45, 2.75) is 19.9 Å². The van der Waals surface area contributed by atoms with Gasteiger partial charge in [0, 0.05) is 18.5 Å². The van der Waals surface area contributed by atoms with Crippen molar-refractivity contribution >= 4 is 17.3 Å². The van der Waals surface area contributed by atoms with Crippen molar-refractivity contribution in [2.75, 3.05) is 5.32 Å². The molecule has 2 aromatic rings. The number of anilines is 1. The Morgan fingerprint density at radius 1 is 1.33 bits per heavy atom. The molecule has 96 valence electrons. The quantitative estimate of drug-likeness (QED) is 0.927. The molecule has 1 heterocycles. The van der Waals surface area contributed by atoms with Gasteiger partial charge in [-0.3, -0.25) is 0 Å². The summed E-state index contributed by atoms with van der Waals surface area (Å²) in [7, 11) is 1.89. The number of aromatic nitrogens is 3. The second-order valence-corrected chi connectivity index (χ2v) is 4.36. The molecule has 0 aliphatic heterocycles. The second kappa shape index (κ2) is 5.35. The Morgan fingerprint density at radius 3 is 2.72 bits per heavy atom. The van der Waals surface area contributed by atoms with Crippen molar-refractivity contribution in [3.05, 3.63) is 40.7 Å². The van der Waals surface area contributed by atoms with Gasteiger partial charge in [0.1, 0.15) is 11.6 Å². The van der Waals surface area contributed by atoms with Crippen LogP contribution in [0.2, 0.25) is 5.02 Å². The number of nitrogens with zero attached hydrogens (tertiary/aromatic N) is 3. The van der Waals surface area contributed by atoms with E-state index in [4.69, 9.17) is 11.6 Å². The minimum Gasteiger partial charge on any atom is -0.375 e. The minimum absolute atomic E-state index is 0.336. The molecule has 0 fully saturated rings. The van der Waals surface area contributed by atoms with Gasteiger partial charge >= 0.3 is 0 Å². The lowest BCUT2D eigenvalue weighted by Crippen LogP contribution is -2.08. The zero-order valence-corrected chi connectivity index (χ0v) is 11.0. The third-order valence-electron chi connectivity index (χ3n) is 2.74. The Bertz CT molecular complexity index is 553. The van der Waals surface area contributed by atoms with Gasteiger partial charge in [-0.1, -0.05) is 18.5 Å². The van der Waals surface area contributed by atoms with E-state index in [-0.39, 0.29) is 5.82 Å². The summed E-state index contributed by atoms with van der Waals surface area (Å²) in [6.07, 6.45) is 0.815. The van der Waals surface area contributed by atoms with Crippen LogP contribution in [0.4, 0.5) is 10.1 Å². The molecule has 0 aliphatic rings. The first-order chi connectivity index (χ1) is 8.61. The molecule has 0 saturated carbocycles. The van der Waals surface area contributed by atoms with E-state index in [9.17, 15) is 4.39 Å². The Balaban J connectivity index is 2.11. The summed E-state index contributed by atoms with van der Waals surface area (Å²) < 4.78 is 15.4. The standard InChI is InChI=1S/C12H14ClFN4/c1-3-11-16-17-12(18(11)2)7-15-10-6-8(13)4-5-9(10)14/h4-6,15H,3,7H2,1-2H3. The summed E-state index contributed by atoms with van der Waals surface area (Å²) in [6, 6.07) is 4.40. The average Bonchev–Trinajstić information content (AvgIpc) is 2.71. The van der Waals surface area contributed by atoms with E-state index < -0.39 is 0 Å². The molecule has 0 radical (unpaired) electrons. The molecular weight excluding hydrogens is 255 g/mol. The largest absolute Gasteiger partial charge is 0.375 e. The number of halogens is 2. The Labute approximate surface area is 110 Å². The summed E-state index contributed by atoms with van der Waals surface area (Å²) in [5.41, 5.74) is 0.364. The van der Waals surface area contributed by atoms with Crippen molar-refractivity contribution in [3.8, 4) is 0 Å². The van der Waals surface area contributed by atoms with Crippen molar-refractivity contribution < 1.29 is 4.39 Å². The van der Waals surface area contributed by atoms with Crippen LogP contribution in [0, 0.1) is 5.82 Å². The highest BCUT2D eigenvalue weighted by Crippen LogP contribution is 2.20. The van der Waals surface area contributed by atoms with Gasteiger partial charge in [-0.25, -0.2) is 4.39 Å². The summed E-state index contributed by atoms with van der Waals surface area (Å²) in [6.45, 7) is 2.42. The van der Waals surface area contributed by atoms with E-state index >= 15 is 0 Å². The minimum atomic E-state index is -0.336. The van der Waals surface area contributed by atoms with Crippen LogP contribution in [0.1, 0.15) is 18.6 Å². The molecular formula is C12H14ClFN4. The predicted molar refractivity (Wildman–Crippen MR) is 69.1 cm³/mol. The van der Waals surface area contributed by atoms with Gasteiger partial charge in [0.2, 0.25) is 0 Å². The monoisotopic (exact) mass is 268 g/mol. The van der Waals surface area contributed by atoms with Crippen LogP contribution in [-0.2, 0) is 20.0 Å². The highest BCUT2D eigenvalue weighted by atomic mass is 35.5. The lowest BCUT2D eigenvalue weighted by molar-refractivity contribution is 0.629. The lowest BCUT2D eigenvalue weighted by Gasteiger charge is -2.08. The van der Waals surface area contributed by atoms with E-state index in [1.54, 1.807) is 6.07 Å². The molecule has 0 bridgehead atoms. The smallest absolute Gasteiger partial charge is 0.152 e. The fourth-order valence-electron chi connectivity index (χ4n) is 1.67. The van der Waals surface area contributed by atoms with E-state index in [1.807, 2.05) is 18.5 Å². The SMILES string of the molecule is CCc1nnc(CNc2cc(Cl)ccc2F)n1C.